The van der Waals surface area contributed by atoms with Gasteiger partial charge in [0.05, 0.1) is 18.9 Å². The summed E-state index contributed by atoms with van der Waals surface area (Å²) in [6.45, 7) is 12.4. The van der Waals surface area contributed by atoms with Crippen LogP contribution in [0, 0.1) is 11.8 Å². The van der Waals surface area contributed by atoms with Gasteiger partial charge in [0.2, 0.25) is 18.5 Å². The van der Waals surface area contributed by atoms with Gasteiger partial charge in [-0.25, -0.2) is 0 Å². The summed E-state index contributed by atoms with van der Waals surface area (Å²) in [6, 6.07) is 16.7. The van der Waals surface area contributed by atoms with E-state index in [4.69, 9.17) is 23.3 Å². The highest BCUT2D eigenvalue weighted by Crippen LogP contribution is 2.51. The minimum atomic E-state index is -4.28. The molecule has 49 heavy (non-hydrogen) atoms. The Bertz CT molecular complexity index is 1330. The molecule has 0 spiro atoms. The molecule has 0 aliphatic rings. The average Bonchev–Trinajstić information content (AvgIpc) is 3.08. The standard InChI is InChI=1S/C36H53N2O10P/c1-8-31(39)45-35(25(4)5)47-49(43,48-36(26(6)7)46-32(40)9-2)24-38-30(34(42)37-22-14-17-33(41)44-10-3)23-27-18-20-29(21-19-27)28-15-12-11-13-16-28/h11-13,15-16,18-21,25-26,30,35-36,38H,8-10,14,17,22-24H2,1-7H3,(H,37,42). The first-order valence-corrected chi connectivity index (χ1v) is 18.7. The number of esters is 3. The first-order chi connectivity index (χ1) is 23.3. The normalized spacial score (nSPS) is 14.4. The van der Waals surface area contributed by atoms with Crippen LogP contribution in [0.4, 0.5) is 0 Å². The molecule has 3 atom stereocenters. The van der Waals surface area contributed by atoms with Crippen molar-refractivity contribution in [3.8, 4) is 11.1 Å². The summed E-state index contributed by atoms with van der Waals surface area (Å²) in [7, 11) is -4.28. The lowest BCUT2D eigenvalue weighted by molar-refractivity contribution is -0.178. The first-order valence-electron chi connectivity index (χ1n) is 17.0. The van der Waals surface area contributed by atoms with Crippen molar-refractivity contribution in [2.24, 2.45) is 11.8 Å². The Morgan fingerprint density at radius 1 is 0.735 bits per heavy atom. The third-order valence-corrected chi connectivity index (χ3v) is 8.83. The Kier molecular flexibility index (Phi) is 18.3. The molecule has 2 aromatic rings. The summed E-state index contributed by atoms with van der Waals surface area (Å²) in [5, 5.41) is 5.89. The molecule has 3 unspecified atom stereocenters. The summed E-state index contributed by atoms with van der Waals surface area (Å²) in [4.78, 5) is 49.7. The van der Waals surface area contributed by atoms with Crippen molar-refractivity contribution < 1.29 is 47.0 Å². The highest BCUT2D eigenvalue weighted by atomic mass is 31.2. The van der Waals surface area contributed by atoms with Crippen LogP contribution in [0.1, 0.15) is 79.7 Å². The molecule has 0 saturated carbocycles. The lowest BCUT2D eigenvalue weighted by atomic mass is 10.0. The van der Waals surface area contributed by atoms with Gasteiger partial charge < -0.3 is 19.5 Å². The predicted octanol–water partition coefficient (Wildman–Crippen LogP) is 6.37. The van der Waals surface area contributed by atoms with E-state index in [0.29, 0.717) is 6.42 Å². The number of amides is 1. The van der Waals surface area contributed by atoms with E-state index in [0.717, 1.165) is 16.7 Å². The average molecular weight is 705 g/mol. The molecule has 0 aliphatic carbocycles. The van der Waals surface area contributed by atoms with Crippen molar-refractivity contribution in [1.82, 2.24) is 10.6 Å². The summed E-state index contributed by atoms with van der Waals surface area (Å²) >= 11 is 0. The first kappa shape index (κ1) is 41.6. The van der Waals surface area contributed by atoms with Gasteiger partial charge in [-0.2, -0.15) is 0 Å². The maximum absolute atomic E-state index is 14.5. The Hall–Kier alpha value is -3.57. The molecular formula is C36H53N2O10P. The van der Waals surface area contributed by atoms with E-state index in [2.05, 4.69) is 10.6 Å². The summed E-state index contributed by atoms with van der Waals surface area (Å²) in [5.74, 6) is -2.70. The highest BCUT2D eigenvalue weighted by Gasteiger charge is 2.38. The molecule has 2 aromatic carbocycles. The van der Waals surface area contributed by atoms with E-state index >= 15 is 0 Å². The molecule has 0 fully saturated rings. The van der Waals surface area contributed by atoms with Gasteiger partial charge in [0.25, 0.3) is 0 Å². The zero-order chi connectivity index (χ0) is 36.4. The second-order valence-corrected chi connectivity index (χ2v) is 14.1. The number of rotatable bonds is 22. The van der Waals surface area contributed by atoms with Crippen molar-refractivity contribution in [3.63, 3.8) is 0 Å². The zero-order valence-electron chi connectivity index (χ0n) is 29.8. The monoisotopic (exact) mass is 704 g/mol. The number of hydrogen-bond acceptors (Lipinski definition) is 11. The van der Waals surface area contributed by atoms with Crippen LogP contribution in [0.25, 0.3) is 11.1 Å². The highest BCUT2D eigenvalue weighted by molar-refractivity contribution is 7.53. The summed E-state index contributed by atoms with van der Waals surface area (Å²) in [5.41, 5.74) is 2.88. The van der Waals surface area contributed by atoms with Gasteiger partial charge >= 0.3 is 25.5 Å². The van der Waals surface area contributed by atoms with E-state index in [1.165, 1.54) is 0 Å². The van der Waals surface area contributed by atoms with Crippen LogP contribution in [0.15, 0.2) is 54.6 Å². The van der Waals surface area contributed by atoms with E-state index in [1.54, 1.807) is 48.5 Å². The lowest BCUT2D eigenvalue weighted by Gasteiger charge is -2.31. The van der Waals surface area contributed by atoms with E-state index in [-0.39, 0.29) is 44.8 Å². The summed E-state index contributed by atoms with van der Waals surface area (Å²) < 4.78 is 42.2. The second kappa shape index (κ2) is 21.5. The molecule has 0 aliphatic heterocycles. The molecule has 2 rings (SSSR count). The van der Waals surface area contributed by atoms with Crippen molar-refractivity contribution in [3.05, 3.63) is 60.2 Å². The fourth-order valence-corrected chi connectivity index (χ4v) is 6.23. The predicted molar refractivity (Wildman–Crippen MR) is 186 cm³/mol. The van der Waals surface area contributed by atoms with E-state index < -0.39 is 62.2 Å². The van der Waals surface area contributed by atoms with Crippen LogP contribution >= 0.6 is 7.60 Å². The van der Waals surface area contributed by atoms with Gasteiger partial charge in [0, 0.05) is 37.6 Å². The number of carbonyl (C=O) groups is 4. The van der Waals surface area contributed by atoms with Gasteiger partial charge in [0.15, 0.2) is 0 Å². The van der Waals surface area contributed by atoms with Gasteiger partial charge in [-0.05, 0) is 36.5 Å². The Morgan fingerprint density at radius 2 is 1.27 bits per heavy atom. The van der Waals surface area contributed by atoms with Crippen molar-refractivity contribution in [2.45, 2.75) is 99.2 Å². The van der Waals surface area contributed by atoms with Gasteiger partial charge in [-0.15, -0.1) is 0 Å². The fourth-order valence-electron chi connectivity index (χ4n) is 4.38. The van der Waals surface area contributed by atoms with E-state index in [1.807, 2.05) is 54.6 Å². The molecule has 2 N–H and O–H groups in total. The number of nitrogens with one attached hydrogen (secondary N) is 2. The quantitative estimate of drug-likeness (QED) is 0.0462. The maximum atomic E-state index is 14.5. The van der Waals surface area contributed by atoms with Crippen LogP contribution in [0.2, 0.25) is 0 Å². The number of ether oxygens (including phenoxy) is 3. The number of benzene rings is 2. The molecule has 0 bridgehead atoms. The molecule has 272 valence electrons. The van der Waals surface area contributed by atoms with Crippen LogP contribution in [-0.4, -0.2) is 61.9 Å². The van der Waals surface area contributed by atoms with Gasteiger partial charge in [-0.1, -0.05) is 96.1 Å². The van der Waals surface area contributed by atoms with E-state index in [9.17, 15) is 23.7 Å². The zero-order valence-corrected chi connectivity index (χ0v) is 30.7. The van der Waals surface area contributed by atoms with Crippen LogP contribution in [-0.2, 0) is 53.4 Å². The Balaban J connectivity index is 2.37. The van der Waals surface area contributed by atoms with Crippen molar-refractivity contribution >= 4 is 31.4 Å². The smallest absolute Gasteiger partial charge is 0.350 e. The molecule has 0 radical (unpaired) electrons. The van der Waals surface area contributed by atoms with Gasteiger partial charge in [-0.3, -0.25) is 38.1 Å². The molecule has 12 nitrogen and oxygen atoms in total. The summed E-state index contributed by atoms with van der Waals surface area (Å²) in [6.07, 6.45) is -2.10. The third kappa shape index (κ3) is 15.2. The molecule has 13 heteroatoms. The largest absolute Gasteiger partial charge is 0.466 e. The van der Waals surface area contributed by atoms with Crippen molar-refractivity contribution in [2.75, 3.05) is 19.4 Å². The minimum Gasteiger partial charge on any atom is -0.466 e. The fraction of sp³-hybridized carbons (Fsp3) is 0.556. The number of hydrogen-bond donors (Lipinski definition) is 2. The van der Waals surface area contributed by atoms with Crippen LogP contribution in [0.3, 0.4) is 0 Å². The van der Waals surface area contributed by atoms with Crippen LogP contribution in [0.5, 0.6) is 0 Å². The van der Waals surface area contributed by atoms with Crippen LogP contribution < -0.4 is 10.6 Å². The SMILES string of the molecule is CCOC(=O)CCCNC(=O)C(Cc1ccc(-c2ccccc2)cc1)NCP(=O)(OC(OC(=O)CC)C(C)C)OC(OC(=O)CC)C(C)C. The Morgan fingerprint density at radius 3 is 1.76 bits per heavy atom. The topological polar surface area (TPSA) is 156 Å². The van der Waals surface area contributed by atoms with Gasteiger partial charge in [0.1, 0.15) is 0 Å². The van der Waals surface area contributed by atoms with Crippen molar-refractivity contribution in [1.29, 1.82) is 0 Å². The lowest BCUT2D eigenvalue weighted by Crippen LogP contribution is -2.46. The third-order valence-electron chi connectivity index (χ3n) is 7.20. The molecule has 0 saturated heterocycles. The number of carbonyl (C=O) groups excluding carboxylic acids is 4. The molecule has 1 amide bonds. The second-order valence-electron chi connectivity index (χ2n) is 12.1. The minimum absolute atomic E-state index is 0.0696. The molecule has 0 aromatic heterocycles. The Labute approximate surface area is 290 Å². The maximum Gasteiger partial charge on any atom is 0.350 e. The molecular weight excluding hydrogens is 651 g/mol. The molecule has 0 heterocycles.